The SMILES string of the molecule is CCCCCCC(=O)N1CC2CC3CC2C1C3O. The molecule has 18 heavy (non-hydrogen) atoms. The summed E-state index contributed by atoms with van der Waals surface area (Å²) in [5.41, 5.74) is 0. The summed E-state index contributed by atoms with van der Waals surface area (Å²) in [6.45, 7) is 3.12. The third-order valence-corrected chi connectivity index (χ3v) is 5.41. The van der Waals surface area contributed by atoms with Gasteiger partial charge in [0, 0.05) is 13.0 Å². The molecule has 3 fully saturated rings. The molecule has 3 heteroatoms. The summed E-state index contributed by atoms with van der Waals surface area (Å²) in [6.07, 6.45) is 7.40. The summed E-state index contributed by atoms with van der Waals surface area (Å²) < 4.78 is 0. The average Bonchev–Trinajstić information content (AvgIpc) is 2.95. The molecule has 2 saturated carbocycles. The molecule has 0 spiro atoms. The van der Waals surface area contributed by atoms with Crippen molar-refractivity contribution in [3.05, 3.63) is 0 Å². The lowest BCUT2D eigenvalue weighted by Gasteiger charge is -2.29. The fourth-order valence-corrected chi connectivity index (χ4v) is 4.55. The van der Waals surface area contributed by atoms with Crippen LogP contribution in [0.4, 0.5) is 0 Å². The van der Waals surface area contributed by atoms with Gasteiger partial charge in [-0.25, -0.2) is 0 Å². The van der Waals surface area contributed by atoms with Crippen molar-refractivity contribution in [1.29, 1.82) is 0 Å². The van der Waals surface area contributed by atoms with Gasteiger partial charge < -0.3 is 10.0 Å². The first-order valence-corrected chi connectivity index (χ1v) is 7.70. The van der Waals surface area contributed by atoms with Gasteiger partial charge in [0.05, 0.1) is 12.1 Å². The van der Waals surface area contributed by atoms with Crippen LogP contribution in [0.5, 0.6) is 0 Å². The topological polar surface area (TPSA) is 40.5 Å². The Morgan fingerprint density at radius 1 is 1.22 bits per heavy atom. The number of rotatable bonds is 5. The maximum atomic E-state index is 12.3. The van der Waals surface area contributed by atoms with Crippen molar-refractivity contribution in [3.63, 3.8) is 0 Å². The highest BCUT2D eigenvalue weighted by Crippen LogP contribution is 2.54. The summed E-state index contributed by atoms with van der Waals surface area (Å²) in [5.74, 6) is 2.10. The number of likely N-dealkylation sites (tertiary alicyclic amines) is 1. The largest absolute Gasteiger partial charge is 0.391 e. The minimum Gasteiger partial charge on any atom is -0.391 e. The first-order valence-electron chi connectivity index (χ1n) is 7.70. The quantitative estimate of drug-likeness (QED) is 0.761. The van der Waals surface area contributed by atoms with Crippen LogP contribution in [0.2, 0.25) is 0 Å². The van der Waals surface area contributed by atoms with Gasteiger partial charge in [0.1, 0.15) is 0 Å². The van der Waals surface area contributed by atoms with Crippen LogP contribution in [0.1, 0.15) is 51.9 Å². The molecule has 5 atom stereocenters. The van der Waals surface area contributed by atoms with Gasteiger partial charge in [-0.1, -0.05) is 26.2 Å². The molecule has 1 amide bonds. The molecule has 5 unspecified atom stereocenters. The van der Waals surface area contributed by atoms with E-state index in [2.05, 4.69) is 6.92 Å². The lowest BCUT2D eigenvalue weighted by atomic mass is 9.88. The van der Waals surface area contributed by atoms with E-state index >= 15 is 0 Å². The van der Waals surface area contributed by atoms with Gasteiger partial charge in [0.25, 0.3) is 0 Å². The smallest absolute Gasteiger partial charge is 0.222 e. The lowest BCUT2D eigenvalue weighted by Crippen LogP contribution is -2.43. The number of fused-ring (bicyclic) bond motifs is 1. The Bertz CT molecular complexity index is 328. The molecular formula is C15H25NO2. The maximum Gasteiger partial charge on any atom is 0.222 e. The summed E-state index contributed by atoms with van der Waals surface area (Å²) in [4.78, 5) is 14.3. The first-order chi connectivity index (χ1) is 8.72. The Morgan fingerprint density at radius 2 is 2.06 bits per heavy atom. The van der Waals surface area contributed by atoms with Gasteiger partial charge >= 0.3 is 0 Å². The molecule has 102 valence electrons. The fourth-order valence-electron chi connectivity index (χ4n) is 4.55. The predicted octanol–water partition coefficient (Wildman–Crippen LogP) is 2.18. The minimum absolute atomic E-state index is 0.174. The molecule has 3 rings (SSSR count). The van der Waals surface area contributed by atoms with Crippen LogP contribution in [0.25, 0.3) is 0 Å². The average molecular weight is 251 g/mol. The van der Waals surface area contributed by atoms with E-state index < -0.39 is 0 Å². The van der Waals surface area contributed by atoms with Gasteiger partial charge in [-0.15, -0.1) is 0 Å². The van der Waals surface area contributed by atoms with Crippen molar-refractivity contribution in [2.75, 3.05) is 6.54 Å². The van der Waals surface area contributed by atoms with Gasteiger partial charge in [-0.05, 0) is 37.0 Å². The zero-order chi connectivity index (χ0) is 12.7. The second-order valence-corrected chi connectivity index (χ2v) is 6.49. The molecule has 1 aliphatic heterocycles. The van der Waals surface area contributed by atoms with Crippen LogP contribution in [0.15, 0.2) is 0 Å². The van der Waals surface area contributed by atoms with Crippen LogP contribution < -0.4 is 0 Å². The summed E-state index contributed by atoms with van der Waals surface area (Å²) in [6, 6.07) is 0.174. The molecule has 2 aliphatic carbocycles. The number of unbranched alkanes of at least 4 members (excludes halogenated alkanes) is 3. The summed E-state index contributed by atoms with van der Waals surface area (Å²) in [7, 11) is 0. The van der Waals surface area contributed by atoms with Crippen LogP contribution in [0.3, 0.4) is 0 Å². The number of nitrogens with zero attached hydrogens (tertiary/aromatic N) is 1. The van der Waals surface area contributed by atoms with Crippen molar-refractivity contribution < 1.29 is 9.90 Å². The van der Waals surface area contributed by atoms with E-state index in [0.29, 0.717) is 30.1 Å². The molecule has 1 N–H and O–H groups in total. The molecule has 0 aromatic rings. The van der Waals surface area contributed by atoms with Crippen LogP contribution >= 0.6 is 0 Å². The minimum atomic E-state index is -0.228. The normalized spacial score (nSPS) is 40.8. The van der Waals surface area contributed by atoms with E-state index in [1.165, 1.54) is 19.3 Å². The molecule has 0 aromatic heterocycles. The number of hydrogen-bond acceptors (Lipinski definition) is 2. The van der Waals surface area contributed by atoms with E-state index in [1.54, 1.807) is 0 Å². The predicted molar refractivity (Wildman–Crippen MR) is 70.0 cm³/mol. The molecule has 1 heterocycles. The Balaban J connectivity index is 1.56. The monoisotopic (exact) mass is 251 g/mol. The number of carbonyl (C=O) groups excluding carboxylic acids is 1. The van der Waals surface area contributed by atoms with Gasteiger partial charge in [0.2, 0.25) is 5.91 Å². The number of amides is 1. The number of carbonyl (C=O) groups is 1. The zero-order valence-electron chi connectivity index (χ0n) is 11.3. The molecule has 2 bridgehead atoms. The van der Waals surface area contributed by atoms with E-state index in [1.807, 2.05) is 4.90 Å². The highest BCUT2D eigenvalue weighted by molar-refractivity contribution is 5.77. The summed E-state index contributed by atoms with van der Waals surface area (Å²) >= 11 is 0. The van der Waals surface area contributed by atoms with Crippen LogP contribution in [-0.2, 0) is 4.79 Å². The molecular weight excluding hydrogens is 226 g/mol. The molecule has 3 aliphatic rings. The second kappa shape index (κ2) is 4.84. The first kappa shape index (κ1) is 12.5. The van der Waals surface area contributed by atoms with Crippen molar-refractivity contribution >= 4 is 5.91 Å². The second-order valence-electron chi connectivity index (χ2n) is 6.49. The number of aliphatic hydroxyl groups excluding tert-OH is 1. The van der Waals surface area contributed by atoms with Crippen molar-refractivity contribution in [2.24, 2.45) is 17.8 Å². The molecule has 3 nitrogen and oxygen atoms in total. The Morgan fingerprint density at radius 3 is 2.78 bits per heavy atom. The van der Waals surface area contributed by atoms with Crippen molar-refractivity contribution in [1.82, 2.24) is 4.90 Å². The Kier molecular flexibility index (Phi) is 3.35. The third kappa shape index (κ3) is 1.87. The standard InChI is InChI=1S/C15H25NO2/c1-2-3-4-5-6-13(17)16-9-11-7-10-8-12(11)14(16)15(10)18/h10-12,14-15,18H,2-9H2,1H3. The molecule has 0 aromatic carbocycles. The van der Waals surface area contributed by atoms with Gasteiger partial charge in [-0.2, -0.15) is 0 Å². The van der Waals surface area contributed by atoms with E-state index in [9.17, 15) is 9.90 Å². The fraction of sp³-hybridized carbons (Fsp3) is 0.933. The highest BCUT2D eigenvalue weighted by atomic mass is 16.3. The molecule has 1 saturated heterocycles. The Hall–Kier alpha value is -0.570. The zero-order valence-corrected chi connectivity index (χ0v) is 11.3. The number of aliphatic hydroxyl groups is 1. The molecule has 0 radical (unpaired) electrons. The van der Waals surface area contributed by atoms with Gasteiger partial charge in [-0.3, -0.25) is 4.79 Å². The maximum absolute atomic E-state index is 12.3. The number of hydrogen-bond donors (Lipinski definition) is 1. The van der Waals surface area contributed by atoms with E-state index in [0.717, 1.165) is 25.8 Å². The van der Waals surface area contributed by atoms with Gasteiger partial charge in [0.15, 0.2) is 0 Å². The third-order valence-electron chi connectivity index (χ3n) is 5.41. The lowest BCUT2D eigenvalue weighted by molar-refractivity contribution is -0.134. The van der Waals surface area contributed by atoms with E-state index in [4.69, 9.17) is 0 Å². The van der Waals surface area contributed by atoms with Crippen molar-refractivity contribution in [3.8, 4) is 0 Å². The highest BCUT2D eigenvalue weighted by Gasteiger charge is 2.59. The van der Waals surface area contributed by atoms with Crippen molar-refractivity contribution in [2.45, 2.75) is 64.0 Å². The van der Waals surface area contributed by atoms with E-state index in [-0.39, 0.29) is 12.1 Å². The van der Waals surface area contributed by atoms with Crippen LogP contribution in [0, 0.1) is 17.8 Å². The Labute approximate surface area is 110 Å². The summed E-state index contributed by atoms with van der Waals surface area (Å²) in [5, 5.41) is 10.2. The van der Waals surface area contributed by atoms with Crippen LogP contribution in [-0.4, -0.2) is 34.6 Å².